The van der Waals surface area contributed by atoms with Crippen LogP contribution in [0.25, 0.3) is 0 Å². The van der Waals surface area contributed by atoms with E-state index in [4.69, 9.17) is 9.15 Å². The van der Waals surface area contributed by atoms with Gasteiger partial charge in [0.1, 0.15) is 11.9 Å². The molecular weight excluding hydrogens is 258 g/mol. The lowest BCUT2D eigenvalue weighted by atomic mass is 10.0. The Morgan fingerprint density at radius 3 is 3.10 bits per heavy atom. The number of nitrogens with one attached hydrogen (secondary N) is 1. The highest BCUT2D eigenvalue weighted by molar-refractivity contribution is 5.22. The van der Waals surface area contributed by atoms with E-state index in [1.165, 1.54) is 0 Å². The number of hydrogen-bond acceptors (Lipinski definition) is 6. The second-order valence-electron chi connectivity index (χ2n) is 4.88. The van der Waals surface area contributed by atoms with E-state index in [-0.39, 0.29) is 12.1 Å². The number of imidazole rings is 1. The minimum absolute atomic E-state index is 0.0918. The van der Waals surface area contributed by atoms with Crippen molar-refractivity contribution in [3.8, 4) is 0 Å². The second kappa shape index (κ2) is 5.62. The lowest BCUT2D eigenvalue weighted by molar-refractivity contribution is -0.00226. The van der Waals surface area contributed by atoms with Crippen molar-refractivity contribution < 1.29 is 9.15 Å². The Kier molecular flexibility index (Phi) is 3.68. The van der Waals surface area contributed by atoms with Crippen LogP contribution in [0, 0.1) is 6.92 Å². The number of aryl methyl sites for hydroxylation is 2. The minimum atomic E-state index is -0.0918. The number of ether oxygens (including phenoxy) is 1. The van der Waals surface area contributed by atoms with Crippen LogP contribution in [0.15, 0.2) is 16.8 Å². The van der Waals surface area contributed by atoms with Crippen molar-refractivity contribution in [3.05, 3.63) is 24.1 Å². The maximum Gasteiger partial charge on any atom is 0.315 e. The molecular formula is C13H19N5O2. The van der Waals surface area contributed by atoms with Crippen molar-refractivity contribution in [3.63, 3.8) is 0 Å². The summed E-state index contributed by atoms with van der Waals surface area (Å²) in [6, 6.07) is 0.536. The number of anilines is 1. The lowest BCUT2D eigenvalue weighted by Gasteiger charge is -2.31. The van der Waals surface area contributed by atoms with Gasteiger partial charge in [0.05, 0.1) is 6.04 Å². The van der Waals surface area contributed by atoms with Gasteiger partial charge in [-0.1, -0.05) is 5.10 Å². The molecule has 0 aromatic carbocycles. The summed E-state index contributed by atoms with van der Waals surface area (Å²) >= 11 is 0. The highest BCUT2D eigenvalue weighted by Crippen LogP contribution is 2.29. The van der Waals surface area contributed by atoms with Crippen LogP contribution in [0.2, 0.25) is 0 Å². The quantitative estimate of drug-likeness (QED) is 0.920. The van der Waals surface area contributed by atoms with Gasteiger partial charge in [-0.2, -0.15) is 0 Å². The highest BCUT2D eigenvalue weighted by atomic mass is 16.5. The van der Waals surface area contributed by atoms with Crippen LogP contribution in [0.5, 0.6) is 0 Å². The van der Waals surface area contributed by atoms with Crippen molar-refractivity contribution in [1.82, 2.24) is 19.7 Å². The van der Waals surface area contributed by atoms with Gasteiger partial charge in [0.25, 0.3) is 0 Å². The summed E-state index contributed by atoms with van der Waals surface area (Å²) in [5.74, 6) is 1.50. The predicted octanol–water partition coefficient (Wildman–Crippen LogP) is 1.93. The molecule has 1 aliphatic rings. The Morgan fingerprint density at radius 2 is 2.35 bits per heavy atom. The molecule has 1 fully saturated rings. The van der Waals surface area contributed by atoms with Gasteiger partial charge in [0.15, 0.2) is 0 Å². The molecule has 20 heavy (non-hydrogen) atoms. The van der Waals surface area contributed by atoms with E-state index in [0.29, 0.717) is 11.9 Å². The zero-order valence-corrected chi connectivity index (χ0v) is 11.7. The summed E-state index contributed by atoms with van der Waals surface area (Å²) in [6.07, 6.45) is 5.69. The molecule has 2 aromatic heterocycles. The summed E-state index contributed by atoms with van der Waals surface area (Å²) in [4.78, 5) is 4.44. The van der Waals surface area contributed by atoms with Crippen molar-refractivity contribution >= 4 is 6.01 Å². The summed E-state index contributed by atoms with van der Waals surface area (Å²) < 4.78 is 13.4. The SMILES string of the molecule is CCn1ccnc1[C@H]1OCCC[C@@H]1Nc1nnc(C)o1. The Hall–Kier alpha value is -1.89. The van der Waals surface area contributed by atoms with E-state index in [9.17, 15) is 0 Å². The summed E-state index contributed by atoms with van der Waals surface area (Å²) in [5, 5.41) is 11.1. The molecule has 0 radical (unpaired) electrons. The standard InChI is InChI=1S/C13H19N5O2/c1-3-18-7-6-14-12(18)11-10(5-4-8-19-11)15-13-17-16-9(2)20-13/h6-7,10-11H,3-5,8H2,1-2H3,(H,15,17)/t10-,11-/m0/s1. The first kappa shape index (κ1) is 13.1. The van der Waals surface area contributed by atoms with Crippen LogP contribution in [-0.2, 0) is 11.3 Å². The Morgan fingerprint density at radius 1 is 1.45 bits per heavy atom. The molecule has 0 bridgehead atoms. The molecule has 3 rings (SSSR count). The Labute approximate surface area is 117 Å². The maximum atomic E-state index is 5.92. The molecule has 0 spiro atoms. The van der Waals surface area contributed by atoms with Crippen molar-refractivity contribution in [2.75, 3.05) is 11.9 Å². The van der Waals surface area contributed by atoms with Gasteiger partial charge in [0, 0.05) is 32.5 Å². The molecule has 1 saturated heterocycles. The fourth-order valence-corrected chi connectivity index (χ4v) is 2.54. The third-order valence-corrected chi connectivity index (χ3v) is 3.50. The molecule has 1 N–H and O–H groups in total. The molecule has 108 valence electrons. The average molecular weight is 277 g/mol. The fraction of sp³-hybridized carbons (Fsp3) is 0.615. The van der Waals surface area contributed by atoms with Gasteiger partial charge in [-0.05, 0) is 19.8 Å². The van der Waals surface area contributed by atoms with Crippen LogP contribution in [0.4, 0.5) is 6.01 Å². The zero-order chi connectivity index (χ0) is 13.9. The van der Waals surface area contributed by atoms with Gasteiger partial charge >= 0.3 is 6.01 Å². The third-order valence-electron chi connectivity index (χ3n) is 3.50. The Bertz CT molecular complexity index is 565. The molecule has 2 aromatic rings. The molecule has 0 saturated carbocycles. The number of rotatable bonds is 4. The van der Waals surface area contributed by atoms with Crippen LogP contribution < -0.4 is 5.32 Å². The first-order valence-electron chi connectivity index (χ1n) is 6.97. The molecule has 0 aliphatic carbocycles. The summed E-state index contributed by atoms with van der Waals surface area (Å²) in [7, 11) is 0. The monoisotopic (exact) mass is 277 g/mol. The maximum absolute atomic E-state index is 5.92. The molecule has 7 nitrogen and oxygen atoms in total. The van der Waals surface area contributed by atoms with E-state index in [1.54, 1.807) is 6.92 Å². The van der Waals surface area contributed by atoms with Gasteiger partial charge in [0.2, 0.25) is 5.89 Å². The third kappa shape index (κ3) is 2.53. The lowest BCUT2D eigenvalue weighted by Crippen LogP contribution is -2.35. The topological polar surface area (TPSA) is 78.0 Å². The van der Waals surface area contributed by atoms with Gasteiger partial charge in [-0.25, -0.2) is 4.98 Å². The first-order valence-corrected chi connectivity index (χ1v) is 6.97. The molecule has 3 heterocycles. The molecule has 1 aliphatic heterocycles. The largest absolute Gasteiger partial charge is 0.408 e. The molecule has 7 heteroatoms. The van der Waals surface area contributed by atoms with E-state index in [0.717, 1.165) is 31.8 Å². The number of aromatic nitrogens is 4. The zero-order valence-electron chi connectivity index (χ0n) is 11.7. The van der Waals surface area contributed by atoms with Crippen molar-refractivity contribution in [1.29, 1.82) is 0 Å². The first-order chi connectivity index (χ1) is 9.78. The summed E-state index contributed by atoms with van der Waals surface area (Å²) in [5.41, 5.74) is 0. The fourth-order valence-electron chi connectivity index (χ4n) is 2.54. The van der Waals surface area contributed by atoms with Crippen LogP contribution in [0.1, 0.15) is 37.6 Å². The van der Waals surface area contributed by atoms with E-state index in [1.807, 2.05) is 12.4 Å². The average Bonchev–Trinajstić information content (AvgIpc) is 3.08. The van der Waals surface area contributed by atoms with Gasteiger partial charge in [-0.3, -0.25) is 0 Å². The van der Waals surface area contributed by atoms with Gasteiger partial charge in [-0.15, -0.1) is 5.10 Å². The normalized spacial score (nSPS) is 22.9. The van der Waals surface area contributed by atoms with Crippen LogP contribution in [0.3, 0.4) is 0 Å². The van der Waals surface area contributed by atoms with Crippen LogP contribution in [-0.4, -0.2) is 32.4 Å². The number of nitrogens with zero attached hydrogens (tertiary/aromatic N) is 4. The smallest absolute Gasteiger partial charge is 0.315 e. The van der Waals surface area contributed by atoms with Gasteiger partial charge < -0.3 is 19.0 Å². The van der Waals surface area contributed by atoms with Crippen LogP contribution >= 0.6 is 0 Å². The molecule has 0 unspecified atom stereocenters. The van der Waals surface area contributed by atoms with E-state index >= 15 is 0 Å². The van der Waals surface area contributed by atoms with E-state index in [2.05, 4.69) is 32.0 Å². The molecule has 2 atom stereocenters. The number of hydrogen-bond donors (Lipinski definition) is 1. The minimum Gasteiger partial charge on any atom is -0.408 e. The van der Waals surface area contributed by atoms with Crippen molar-refractivity contribution in [2.24, 2.45) is 0 Å². The predicted molar refractivity (Wildman–Crippen MR) is 72.3 cm³/mol. The van der Waals surface area contributed by atoms with E-state index < -0.39 is 0 Å². The summed E-state index contributed by atoms with van der Waals surface area (Å²) in [6.45, 7) is 5.50. The second-order valence-corrected chi connectivity index (χ2v) is 4.88. The highest BCUT2D eigenvalue weighted by Gasteiger charge is 2.31. The Balaban J connectivity index is 1.80. The molecule has 0 amide bonds. The van der Waals surface area contributed by atoms with Crippen molar-refractivity contribution in [2.45, 2.75) is 45.4 Å².